The van der Waals surface area contributed by atoms with Gasteiger partial charge in [-0.25, -0.2) is 0 Å². The molecular weight excluding hydrogens is 270 g/mol. The molecule has 0 spiro atoms. The zero-order valence-electron chi connectivity index (χ0n) is 11.1. The van der Waals surface area contributed by atoms with Crippen LogP contribution in [0, 0.1) is 0 Å². The molecule has 1 atom stereocenters. The summed E-state index contributed by atoms with van der Waals surface area (Å²) in [5.74, 6) is -0.900. The Balaban J connectivity index is 2.84. The van der Waals surface area contributed by atoms with Crippen LogP contribution in [-0.2, 0) is 9.53 Å². The monoisotopic (exact) mass is 287 g/mol. The molecule has 0 saturated carbocycles. The van der Waals surface area contributed by atoms with Gasteiger partial charge >= 0.3 is 5.97 Å². The summed E-state index contributed by atoms with van der Waals surface area (Å²) >= 11 is 1.23. The molecule has 0 aliphatic heterocycles. The van der Waals surface area contributed by atoms with E-state index in [-0.39, 0.29) is 18.9 Å². The smallest absolute Gasteiger partial charge is 0.305 e. The minimum absolute atomic E-state index is 0.110. The van der Waals surface area contributed by atoms with Crippen LogP contribution in [-0.4, -0.2) is 43.3 Å². The molecule has 0 saturated heterocycles. The Labute approximate surface area is 115 Å². The fourth-order valence-electron chi connectivity index (χ4n) is 1.74. The van der Waals surface area contributed by atoms with Crippen molar-refractivity contribution in [1.82, 2.24) is 5.32 Å². The molecule has 19 heavy (non-hydrogen) atoms. The minimum atomic E-state index is -1.00. The number of carbonyl (C=O) groups excluding carboxylic acids is 1. The van der Waals surface area contributed by atoms with E-state index in [1.807, 2.05) is 0 Å². The van der Waals surface area contributed by atoms with Crippen molar-refractivity contribution in [3.05, 3.63) is 16.3 Å². The lowest BCUT2D eigenvalue weighted by Crippen LogP contribution is -2.50. The van der Waals surface area contributed by atoms with Gasteiger partial charge in [0.2, 0.25) is 0 Å². The number of aliphatic carboxylic acids is 1. The van der Waals surface area contributed by atoms with Crippen molar-refractivity contribution in [2.45, 2.75) is 18.9 Å². The van der Waals surface area contributed by atoms with Gasteiger partial charge in [-0.3, -0.25) is 9.59 Å². The van der Waals surface area contributed by atoms with Gasteiger partial charge in [0.15, 0.2) is 0 Å². The highest BCUT2D eigenvalue weighted by atomic mass is 32.1. The summed E-state index contributed by atoms with van der Waals surface area (Å²) in [5, 5.41) is 13.3. The summed E-state index contributed by atoms with van der Waals surface area (Å²) in [6.45, 7) is 1.74. The number of carboxylic acid groups (broad SMARTS) is 1. The van der Waals surface area contributed by atoms with Crippen molar-refractivity contribution in [1.29, 1.82) is 0 Å². The quantitative estimate of drug-likeness (QED) is 0.791. The molecular formula is C12H17NO5S. The molecule has 2 N–H and O–H groups in total. The Morgan fingerprint density at radius 3 is 2.68 bits per heavy atom. The normalized spacial score (nSPS) is 13.6. The molecule has 1 aromatic heterocycles. The van der Waals surface area contributed by atoms with Crippen molar-refractivity contribution in [2.24, 2.45) is 0 Å². The molecule has 6 nitrogen and oxygen atoms in total. The van der Waals surface area contributed by atoms with Gasteiger partial charge in [-0.15, -0.1) is 11.3 Å². The van der Waals surface area contributed by atoms with E-state index in [9.17, 15) is 9.59 Å². The maximum Gasteiger partial charge on any atom is 0.305 e. The third-order valence-corrected chi connectivity index (χ3v) is 3.37. The van der Waals surface area contributed by atoms with Crippen LogP contribution in [0.25, 0.3) is 0 Å². The summed E-state index contributed by atoms with van der Waals surface area (Å²) in [4.78, 5) is 23.4. The largest absolute Gasteiger partial charge is 0.495 e. The molecule has 1 heterocycles. The van der Waals surface area contributed by atoms with Gasteiger partial charge in [0, 0.05) is 7.11 Å². The Morgan fingerprint density at radius 1 is 1.47 bits per heavy atom. The summed E-state index contributed by atoms with van der Waals surface area (Å²) in [6, 6.07) is 1.68. The highest BCUT2D eigenvalue weighted by Gasteiger charge is 2.31. The van der Waals surface area contributed by atoms with Gasteiger partial charge in [0.1, 0.15) is 10.6 Å². The summed E-state index contributed by atoms with van der Waals surface area (Å²) < 4.78 is 10.0. The minimum Gasteiger partial charge on any atom is -0.495 e. The lowest BCUT2D eigenvalue weighted by atomic mass is 9.99. The van der Waals surface area contributed by atoms with Crippen LogP contribution >= 0.6 is 11.3 Å². The molecule has 0 aromatic carbocycles. The number of ether oxygens (including phenoxy) is 2. The average molecular weight is 287 g/mol. The van der Waals surface area contributed by atoms with Gasteiger partial charge in [-0.05, 0) is 18.4 Å². The molecule has 1 rings (SSSR count). The predicted octanol–water partition coefficient (Wildman–Crippen LogP) is 1.37. The first kappa shape index (κ1) is 15.5. The number of methoxy groups -OCH3 is 2. The fraction of sp³-hybridized carbons (Fsp3) is 0.500. The lowest BCUT2D eigenvalue weighted by Gasteiger charge is -2.28. The number of nitrogens with one attached hydrogen (secondary N) is 1. The zero-order valence-corrected chi connectivity index (χ0v) is 11.9. The summed E-state index contributed by atoms with van der Waals surface area (Å²) in [7, 11) is 2.93. The number of thiophene rings is 1. The predicted molar refractivity (Wildman–Crippen MR) is 70.9 cm³/mol. The Kier molecular flexibility index (Phi) is 5.31. The SMILES string of the molecule is COCC(C)(CC(=O)O)NC(=O)c1sccc1OC. The van der Waals surface area contributed by atoms with Crippen molar-refractivity contribution in [3.8, 4) is 5.75 Å². The van der Waals surface area contributed by atoms with E-state index >= 15 is 0 Å². The van der Waals surface area contributed by atoms with E-state index in [1.165, 1.54) is 25.6 Å². The molecule has 1 aromatic rings. The second-order valence-corrected chi connectivity index (χ2v) is 5.25. The van der Waals surface area contributed by atoms with Gasteiger partial charge in [-0.1, -0.05) is 0 Å². The van der Waals surface area contributed by atoms with Crippen LogP contribution in [0.2, 0.25) is 0 Å². The van der Waals surface area contributed by atoms with Crippen LogP contribution < -0.4 is 10.1 Å². The Bertz CT molecular complexity index is 459. The van der Waals surface area contributed by atoms with E-state index in [4.69, 9.17) is 14.6 Å². The second-order valence-electron chi connectivity index (χ2n) is 4.34. The van der Waals surface area contributed by atoms with Crippen LogP contribution in [0.3, 0.4) is 0 Å². The molecule has 7 heteroatoms. The summed E-state index contributed by atoms with van der Waals surface area (Å²) in [5.41, 5.74) is -0.966. The number of carbonyl (C=O) groups is 2. The molecule has 0 aliphatic rings. The maximum absolute atomic E-state index is 12.1. The highest BCUT2D eigenvalue weighted by molar-refractivity contribution is 7.12. The van der Waals surface area contributed by atoms with E-state index in [1.54, 1.807) is 18.4 Å². The van der Waals surface area contributed by atoms with E-state index in [0.717, 1.165) is 0 Å². The number of amides is 1. The second kappa shape index (κ2) is 6.53. The van der Waals surface area contributed by atoms with Gasteiger partial charge in [0.05, 0.1) is 25.7 Å². The van der Waals surface area contributed by atoms with Crippen LogP contribution in [0.4, 0.5) is 0 Å². The summed E-state index contributed by atoms with van der Waals surface area (Å²) in [6.07, 6.45) is -0.222. The lowest BCUT2D eigenvalue weighted by molar-refractivity contribution is -0.139. The molecule has 0 fully saturated rings. The number of carboxylic acids is 1. The molecule has 0 bridgehead atoms. The van der Waals surface area contributed by atoms with Crippen molar-refractivity contribution in [2.75, 3.05) is 20.8 Å². The first-order chi connectivity index (χ1) is 8.91. The average Bonchev–Trinajstić information content (AvgIpc) is 2.75. The van der Waals surface area contributed by atoms with Crippen LogP contribution in [0.5, 0.6) is 5.75 Å². The fourth-order valence-corrected chi connectivity index (χ4v) is 2.49. The number of hydrogen-bond acceptors (Lipinski definition) is 5. The van der Waals surface area contributed by atoms with Gasteiger partial charge < -0.3 is 19.9 Å². The standard InChI is InChI=1S/C12H17NO5S/c1-12(7-17-2,6-9(14)15)13-11(16)10-8(18-3)4-5-19-10/h4-5H,6-7H2,1-3H3,(H,13,16)(H,14,15). The molecule has 106 valence electrons. The molecule has 0 radical (unpaired) electrons. The molecule has 1 amide bonds. The van der Waals surface area contributed by atoms with Crippen LogP contribution in [0.1, 0.15) is 23.0 Å². The first-order valence-corrected chi connectivity index (χ1v) is 6.44. The third-order valence-electron chi connectivity index (χ3n) is 2.47. The maximum atomic E-state index is 12.1. The number of hydrogen-bond donors (Lipinski definition) is 2. The highest BCUT2D eigenvalue weighted by Crippen LogP contribution is 2.25. The first-order valence-electron chi connectivity index (χ1n) is 5.56. The van der Waals surface area contributed by atoms with Crippen molar-refractivity contribution >= 4 is 23.2 Å². The third kappa shape index (κ3) is 4.22. The van der Waals surface area contributed by atoms with E-state index in [0.29, 0.717) is 10.6 Å². The van der Waals surface area contributed by atoms with Crippen LogP contribution in [0.15, 0.2) is 11.4 Å². The van der Waals surface area contributed by atoms with E-state index < -0.39 is 11.5 Å². The van der Waals surface area contributed by atoms with E-state index in [2.05, 4.69) is 5.32 Å². The van der Waals surface area contributed by atoms with Gasteiger partial charge in [-0.2, -0.15) is 0 Å². The van der Waals surface area contributed by atoms with Crippen molar-refractivity contribution in [3.63, 3.8) is 0 Å². The Morgan fingerprint density at radius 2 is 2.16 bits per heavy atom. The topological polar surface area (TPSA) is 84.9 Å². The molecule has 0 aliphatic carbocycles. The van der Waals surface area contributed by atoms with Crippen molar-refractivity contribution < 1.29 is 24.2 Å². The number of rotatable bonds is 7. The molecule has 1 unspecified atom stereocenters. The zero-order chi connectivity index (χ0) is 14.5. The van der Waals surface area contributed by atoms with Gasteiger partial charge in [0.25, 0.3) is 5.91 Å². The Hall–Kier alpha value is -1.60.